The number of hydrogen-bond donors (Lipinski definition) is 0. The Morgan fingerprint density at radius 2 is 1.93 bits per heavy atom. The van der Waals surface area contributed by atoms with E-state index in [2.05, 4.69) is 24.0 Å². The quantitative estimate of drug-likeness (QED) is 0.739. The van der Waals surface area contributed by atoms with Crippen molar-refractivity contribution in [1.29, 1.82) is 0 Å². The fourth-order valence-corrected chi connectivity index (χ4v) is 3.89. The van der Waals surface area contributed by atoms with Crippen LogP contribution < -0.4 is 0 Å². The third-order valence-corrected chi connectivity index (χ3v) is 5.26. The van der Waals surface area contributed by atoms with Gasteiger partial charge in [-0.1, -0.05) is 44.2 Å². The molecule has 2 amide bonds. The maximum Gasteiger partial charge on any atom is 0.245 e. The van der Waals surface area contributed by atoms with Crippen molar-refractivity contribution in [3.05, 3.63) is 54.4 Å². The first-order chi connectivity index (χ1) is 13.7. The van der Waals surface area contributed by atoms with E-state index in [0.29, 0.717) is 25.9 Å². The minimum Gasteiger partial charge on any atom is -0.339 e. The molecule has 2 aromatic rings. The zero-order valence-electron chi connectivity index (χ0n) is 16.8. The van der Waals surface area contributed by atoms with Gasteiger partial charge in [0.1, 0.15) is 6.04 Å². The summed E-state index contributed by atoms with van der Waals surface area (Å²) in [7, 11) is 0. The zero-order valence-corrected chi connectivity index (χ0v) is 16.8. The van der Waals surface area contributed by atoms with Crippen LogP contribution >= 0.6 is 0 Å². The number of aromatic nitrogens is 1. The lowest BCUT2D eigenvalue weighted by Crippen LogP contribution is -2.59. The first-order valence-electron chi connectivity index (χ1n) is 10.2. The van der Waals surface area contributed by atoms with Crippen molar-refractivity contribution in [1.82, 2.24) is 14.8 Å². The number of benzene rings is 1. The molecule has 5 heteroatoms. The molecule has 1 fully saturated rings. The summed E-state index contributed by atoms with van der Waals surface area (Å²) in [5.41, 5.74) is 3.17. The summed E-state index contributed by atoms with van der Waals surface area (Å²) in [5, 5.41) is 0. The van der Waals surface area contributed by atoms with E-state index in [1.807, 2.05) is 42.3 Å². The predicted octanol–water partition coefficient (Wildman–Crippen LogP) is 3.54. The molecule has 1 aliphatic rings. The van der Waals surface area contributed by atoms with Gasteiger partial charge in [0.25, 0.3) is 0 Å². The average Bonchev–Trinajstić information content (AvgIpc) is 2.72. The highest BCUT2D eigenvalue weighted by molar-refractivity contribution is 5.89. The molecule has 1 aromatic carbocycles. The molecule has 1 aromatic heterocycles. The van der Waals surface area contributed by atoms with Gasteiger partial charge in [-0.2, -0.15) is 0 Å². The van der Waals surface area contributed by atoms with Gasteiger partial charge in [-0.3, -0.25) is 14.6 Å². The van der Waals surface area contributed by atoms with Crippen molar-refractivity contribution in [2.75, 3.05) is 19.6 Å². The summed E-state index contributed by atoms with van der Waals surface area (Å²) < 4.78 is 0. The lowest BCUT2D eigenvalue weighted by atomic mass is 9.93. The molecule has 0 unspecified atom stereocenters. The van der Waals surface area contributed by atoms with E-state index in [0.717, 1.165) is 36.1 Å². The van der Waals surface area contributed by atoms with Gasteiger partial charge < -0.3 is 9.80 Å². The number of rotatable bonds is 7. The highest BCUT2D eigenvalue weighted by atomic mass is 16.2. The molecule has 1 atom stereocenters. The number of piperazine rings is 1. The Bertz CT molecular complexity index is 807. The number of pyridine rings is 1. The highest BCUT2D eigenvalue weighted by Crippen LogP contribution is 2.26. The first-order valence-corrected chi connectivity index (χ1v) is 10.2. The van der Waals surface area contributed by atoms with Crippen LogP contribution in [0.1, 0.15) is 38.7 Å². The molecule has 0 radical (unpaired) electrons. The maximum absolute atomic E-state index is 13.2. The third-order valence-electron chi connectivity index (χ3n) is 5.26. The summed E-state index contributed by atoms with van der Waals surface area (Å²) in [5.74, 6) is 0.148. The molecule has 5 nitrogen and oxygen atoms in total. The molecular formula is C23H29N3O2. The Hall–Kier alpha value is -2.69. The van der Waals surface area contributed by atoms with Crippen molar-refractivity contribution in [2.45, 2.75) is 45.6 Å². The lowest BCUT2D eigenvalue weighted by molar-refractivity contribution is -0.151. The molecule has 0 spiro atoms. The second-order valence-corrected chi connectivity index (χ2v) is 7.28. The lowest BCUT2D eigenvalue weighted by Gasteiger charge is -2.41. The molecular weight excluding hydrogens is 350 g/mol. The third kappa shape index (κ3) is 4.41. The monoisotopic (exact) mass is 379 g/mol. The largest absolute Gasteiger partial charge is 0.339 e. The van der Waals surface area contributed by atoms with E-state index in [1.165, 1.54) is 0 Å². The summed E-state index contributed by atoms with van der Waals surface area (Å²) >= 11 is 0. The van der Waals surface area contributed by atoms with E-state index < -0.39 is 6.04 Å². The van der Waals surface area contributed by atoms with Gasteiger partial charge in [0, 0.05) is 50.4 Å². The molecule has 1 saturated heterocycles. The van der Waals surface area contributed by atoms with Crippen LogP contribution in [0.2, 0.25) is 0 Å². The molecule has 0 aliphatic carbocycles. The van der Waals surface area contributed by atoms with Crippen molar-refractivity contribution < 1.29 is 9.59 Å². The van der Waals surface area contributed by atoms with Crippen molar-refractivity contribution >= 4 is 11.8 Å². The molecule has 0 saturated carbocycles. The second kappa shape index (κ2) is 9.49. The van der Waals surface area contributed by atoms with Gasteiger partial charge in [-0.15, -0.1) is 0 Å². The van der Waals surface area contributed by atoms with Crippen LogP contribution in [0.25, 0.3) is 11.1 Å². The van der Waals surface area contributed by atoms with Gasteiger partial charge in [-0.25, -0.2) is 0 Å². The Morgan fingerprint density at radius 3 is 2.64 bits per heavy atom. The minimum absolute atomic E-state index is 0.0681. The SMILES string of the molecule is CCCC(=O)N1CCN(CCC)C(=O)[C@@H]1Cc1ccccc1-c1cccnc1. The molecule has 0 bridgehead atoms. The Balaban J connectivity index is 1.92. The van der Waals surface area contributed by atoms with Gasteiger partial charge in [-0.05, 0) is 30.0 Å². The summed E-state index contributed by atoms with van der Waals surface area (Å²) in [6.45, 7) is 6.07. The fourth-order valence-electron chi connectivity index (χ4n) is 3.89. The van der Waals surface area contributed by atoms with E-state index in [4.69, 9.17) is 0 Å². The summed E-state index contributed by atoms with van der Waals surface area (Å²) in [4.78, 5) is 33.9. The number of nitrogens with zero attached hydrogens (tertiary/aromatic N) is 3. The Labute approximate surface area is 167 Å². The van der Waals surface area contributed by atoms with Crippen molar-refractivity contribution in [3.8, 4) is 11.1 Å². The second-order valence-electron chi connectivity index (χ2n) is 7.28. The normalized spacial score (nSPS) is 17.1. The van der Waals surface area contributed by atoms with Gasteiger partial charge in [0.05, 0.1) is 0 Å². The smallest absolute Gasteiger partial charge is 0.245 e. The summed E-state index contributed by atoms with van der Waals surface area (Å²) in [6.07, 6.45) is 6.33. The number of carbonyl (C=O) groups is 2. The zero-order chi connectivity index (χ0) is 19.9. The molecule has 0 N–H and O–H groups in total. The number of amides is 2. The van der Waals surface area contributed by atoms with Crippen LogP contribution in [-0.4, -0.2) is 52.3 Å². The van der Waals surface area contributed by atoms with E-state index in [1.54, 1.807) is 11.1 Å². The van der Waals surface area contributed by atoms with Crippen LogP contribution in [0.5, 0.6) is 0 Å². The van der Waals surface area contributed by atoms with E-state index in [-0.39, 0.29) is 11.8 Å². The van der Waals surface area contributed by atoms with Gasteiger partial charge in [0.2, 0.25) is 11.8 Å². The van der Waals surface area contributed by atoms with E-state index >= 15 is 0 Å². The predicted molar refractivity (Wildman–Crippen MR) is 111 cm³/mol. The van der Waals surface area contributed by atoms with Crippen LogP contribution in [0.3, 0.4) is 0 Å². The first kappa shape index (κ1) is 20.1. The average molecular weight is 380 g/mol. The molecule has 28 heavy (non-hydrogen) atoms. The van der Waals surface area contributed by atoms with Crippen LogP contribution in [0.15, 0.2) is 48.8 Å². The molecule has 148 valence electrons. The fraction of sp³-hybridized carbons (Fsp3) is 0.435. The van der Waals surface area contributed by atoms with Gasteiger partial charge >= 0.3 is 0 Å². The topological polar surface area (TPSA) is 53.5 Å². The van der Waals surface area contributed by atoms with Crippen LogP contribution in [-0.2, 0) is 16.0 Å². The van der Waals surface area contributed by atoms with Crippen molar-refractivity contribution in [2.24, 2.45) is 0 Å². The standard InChI is InChI=1S/C23H29N3O2/c1-3-8-22(27)26-15-14-25(13-4-2)23(28)21(26)16-18-9-5-6-11-20(18)19-10-7-12-24-17-19/h5-7,9-12,17,21H,3-4,8,13-16H2,1-2H3/t21-/m0/s1. The van der Waals surface area contributed by atoms with E-state index in [9.17, 15) is 9.59 Å². The Kier molecular flexibility index (Phi) is 6.80. The number of hydrogen-bond acceptors (Lipinski definition) is 3. The number of carbonyl (C=O) groups excluding carboxylic acids is 2. The molecule has 1 aliphatic heterocycles. The van der Waals surface area contributed by atoms with Crippen molar-refractivity contribution in [3.63, 3.8) is 0 Å². The maximum atomic E-state index is 13.2. The highest BCUT2D eigenvalue weighted by Gasteiger charge is 2.37. The summed E-state index contributed by atoms with van der Waals surface area (Å²) in [6, 6.07) is 11.6. The Morgan fingerprint density at radius 1 is 1.11 bits per heavy atom. The van der Waals surface area contributed by atoms with Crippen LogP contribution in [0.4, 0.5) is 0 Å². The van der Waals surface area contributed by atoms with Gasteiger partial charge in [0.15, 0.2) is 0 Å². The molecule has 3 rings (SSSR count). The molecule has 2 heterocycles. The van der Waals surface area contributed by atoms with Crippen LogP contribution in [0, 0.1) is 0 Å². The minimum atomic E-state index is -0.433.